The van der Waals surface area contributed by atoms with Gasteiger partial charge in [0.2, 0.25) is 5.91 Å². The van der Waals surface area contributed by atoms with Crippen LogP contribution >= 0.6 is 0 Å². The fraction of sp³-hybridized carbons (Fsp3) is 0.333. The van der Waals surface area contributed by atoms with Gasteiger partial charge < -0.3 is 24.7 Å². The zero-order valence-electron chi connectivity index (χ0n) is 20.4. The molecule has 1 aliphatic rings. The number of halogens is 1. The SMILES string of the molecule is COc1cc(OC)cc(C(=O)NC(C(=O)N2CC=C(c3c[nH]c4cc(F)ccc34)CC2)C(C)C)c1. The second-order valence-corrected chi connectivity index (χ2v) is 8.95. The summed E-state index contributed by atoms with van der Waals surface area (Å²) in [5.41, 5.74) is 3.24. The second-order valence-electron chi connectivity index (χ2n) is 8.95. The van der Waals surface area contributed by atoms with E-state index in [1.54, 1.807) is 29.2 Å². The average Bonchev–Trinajstić information content (AvgIpc) is 3.29. The largest absolute Gasteiger partial charge is 0.497 e. The molecular formula is C27H30FN3O4. The van der Waals surface area contributed by atoms with E-state index in [4.69, 9.17) is 9.47 Å². The van der Waals surface area contributed by atoms with Gasteiger partial charge in [0, 0.05) is 47.4 Å². The van der Waals surface area contributed by atoms with Gasteiger partial charge in [0.25, 0.3) is 5.91 Å². The van der Waals surface area contributed by atoms with E-state index in [1.807, 2.05) is 26.1 Å². The Morgan fingerprint density at radius 2 is 1.80 bits per heavy atom. The van der Waals surface area contributed by atoms with Crippen molar-refractivity contribution in [3.63, 3.8) is 0 Å². The number of aromatic amines is 1. The first kappa shape index (κ1) is 24.3. The number of ether oxygens (including phenoxy) is 2. The highest BCUT2D eigenvalue weighted by Gasteiger charge is 2.30. The molecule has 2 N–H and O–H groups in total. The van der Waals surface area contributed by atoms with Crippen LogP contribution in [0.2, 0.25) is 0 Å². The number of amides is 2. The number of nitrogens with one attached hydrogen (secondary N) is 2. The number of methoxy groups -OCH3 is 2. The predicted molar refractivity (Wildman–Crippen MR) is 133 cm³/mol. The molecule has 0 spiro atoms. The molecule has 0 fully saturated rings. The first-order chi connectivity index (χ1) is 16.8. The van der Waals surface area contributed by atoms with Crippen LogP contribution in [0.4, 0.5) is 4.39 Å². The number of hydrogen-bond donors (Lipinski definition) is 2. The van der Waals surface area contributed by atoms with Crippen molar-refractivity contribution in [2.75, 3.05) is 27.3 Å². The number of benzene rings is 2. The van der Waals surface area contributed by atoms with E-state index < -0.39 is 6.04 Å². The number of H-pyrrole nitrogens is 1. The third-order valence-electron chi connectivity index (χ3n) is 6.34. The highest BCUT2D eigenvalue weighted by atomic mass is 19.1. The Labute approximate surface area is 203 Å². The summed E-state index contributed by atoms with van der Waals surface area (Å²) < 4.78 is 24.0. The molecule has 2 aromatic carbocycles. The van der Waals surface area contributed by atoms with Crippen molar-refractivity contribution in [2.45, 2.75) is 26.3 Å². The number of nitrogens with zero attached hydrogens (tertiary/aromatic N) is 1. The molecule has 8 heteroatoms. The highest BCUT2D eigenvalue weighted by Crippen LogP contribution is 2.30. The fourth-order valence-corrected chi connectivity index (χ4v) is 4.35. The summed E-state index contributed by atoms with van der Waals surface area (Å²) in [7, 11) is 3.03. The molecule has 184 valence electrons. The number of fused-ring (bicyclic) bond motifs is 1. The quantitative estimate of drug-likeness (QED) is 0.526. The van der Waals surface area contributed by atoms with Crippen LogP contribution in [0.5, 0.6) is 11.5 Å². The summed E-state index contributed by atoms with van der Waals surface area (Å²) in [5.74, 6) is 0.113. The average molecular weight is 480 g/mol. The maximum atomic E-state index is 13.5. The lowest BCUT2D eigenvalue weighted by molar-refractivity contribution is -0.133. The highest BCUT2D eigenvalue weighted by molar-refractivity contribution is 5.98. The molecule has 0 aliphatic carbocycles. The molecule has 4 rings (SSSR count). The molecular weight excluding hydrogens is 449 g/mol. The Hall–Kier alpha value is -3.81. The molecule has 7 nitrogen and oxygen atoms in total. The van der Waals surface area contributed by atoms with Crippen molar-refractivity contribution in [2.24, 2.45) is 5.92 Å². The normalized spacial score (nSPS) is 14.6. The first-order valence-electron chi connectivity index (χ1n) is 11.6. The van der Waals surface area contributed by atoms with Gasteiger partial charge in [0.1, 0.15) is 23.4 Å². The number of hydrogen-bond acceptors (Lipinski definition) is 4. The van der Waals surface area contributed by atoms with Crippen LogP contribution in [0.3, 0.4) is 0 Å². The molecule has 0 radical (unpaired) electrons. The van der Waals surface area contributed by atoms with E-state index in [-0.39, 0.29) is 23.5 Å². The van der Waals surface area contributed by atoms with E-state index >= 15 is 0 Å². The van der Waals surface area contributed by atoms with Gasteiger partial charge in [-0.3, -0.25) is 9.59 Å². The fourth-order valence-electron chi connectivity index (χ4n) is 4.35. The zero-order valence-corrected chi connectivity index (χ0v) is 20.4. The van der Waals surface area contributed by atoms with Crippen LogP contribution in [0.25, 0.3) is 16.5 Å². The standard InChI is InChI=1S/C27H30FN3O4/c1-16(2)25(30-26(32)18-11-20(34-3)14-21(12-18)35-4)27(33)31-9-7-17(8-10-31)23-15-29-24-13-19(28)5-6-22(23)24/h5-7,11-16,25,29H,8-10H2,1-4H3,(H,30,32). The molecule has 1 unspecified atom stereocenters. The van der Waals surface area contributed by atoms with Crippen LogP contribution in [0.1, 0.15) is 36.2 Å². The molecule has 1 aliphatic heterocycles. The molecule has 1 atom stereocenters. The third-order valence-corrected chi connectivity index (χ3v) is 6.34. The number of carbonyl (C=O) groups is 2. The minimum Gasteiger partial charge on any atom is -0.497 e. The summed E-state index contributed by atoms with van der Waals surface area (Å²) >= 11 is 0. The van der Waals surface area contributed by atoms with Gasteiger partial charge in [0.15, 0.2) is 0 Å². The van der Waals surface area contributed by atoms with Crippen LogP contribution in [0.15, 0.2) is 48.7 Å². The van der Waals surface area contributed by atoms with Crippen LogP contribution in [-0.2, 0) is 4.79 Å². The van der Waals surface area contributed by atoms with Crippen LogP contribution in [-0.4, -0.2) is 55.0 Å². The summed E-state index contributed by atoms with van der Waals surface area (Å²) in [6.45, 7) is 4.79. The van der Waals surface area contributed by atoms with Gasteiger partial charge in [-0.1, -0.05) is 19.9 Å². The Kier molecular flexibility index (Phi) is 7.10. The van der Waals surface area contributed by atoms with Crippen molar-refractivity contribution in [1.29, 1.82) is 0 Å². The molecule has 0 saturated carbocycles. The summed E-state index contributed by atoms with van der Waals surface area (Å²) in [6, 6.07) is 8.94. The smallest absolute Gasteiger partial charge is 0.252 e. The second kappa shape index (κ2) is 10.2. The first-order valence-corrected chi connectivity index (χ1v) is 11.6. The third kappa shape index (κ3) is 5.16. The van der Waals surface area contributed by atoms with Crippen LogP contribution < -0.4 is 14.8 Å². The zero-order chi connectivity index (χ0) is 25.1. The maximum Gasteiger partial charge on any atom is 0.252 e. The van der Waals surface area contributed by atoms with Gasteiger partial charge in [-0.15, -0.1) is 0 Å². The van der Waals surface area contributed by atoms with Gasteiger partial charge >= 0.3 is 0 Å². The lowest BCUT2D eigenvalue weighted by atomic mass is 9.97. The molecule has 0 bridgehead atoms. The lowest BCUT2D eigenvalue weighted by Gasteiger charge is -2.32. The molecule has 35 heavy (non-hydrogen) atoms. The maximum absolute atomic E-state index is 13.5. The van der Waals surface area contributed by atoms with Gasteiger partial charge in [-0.25, -0.2) is 4.39 Å². The summed E-state index contributed by atoms with van der Waals surface area (Å²) in [6.07, 6.45) is 4.58. The van der Waals surface area contributed by atoms with Crippen molar-refractivity contribution in [3.8, 4) is 11.5 Å². The monoisotopic (exact) mass is 479 g/mol. The van der Waals surface area contributed by atoms with E-state index in [0.29, 0.717) is 36.6 Å². The molecule has 3 aromatic rings. The Balaban J connectivity index is 1.48. The minimum atomic E-state index is -0.675. The molecule has 1 aromatic heterocycles. The number of carbonyl (C=O) groups excluding carboxylic acids is 2. The van der Waals surface area contributed by atoms with Gasteiger partial charge in [-0.05, 0) is 48.2 Å². The van der Waals surface area contributed by atoms with E-state index in [1.165, 1.54) is 26.4 Å². The predicted octanol–water partition coefficient (Wildman–Crippen LogP) is 4.39. The minimum absolute atomic E-state index is 0.104. The van der Waals surface area contributed by atoms with E-state index in [2.05, 4.69) is 10.3 Å². The Morgan fingerprint density at radius 1 is 1.09 bits per heavy atom. The lowest BCUT2D eigenvalue weighted by Crippen LogP contribution is -2.52. The summed E-state index contributed by atoms with van der Waals surface area (Å²) in [4.78, 5) is 31.3. The van der Waals surface area contributed by atoms with Gasteiger partial charge in [-0.2, -0.15) is 0 Å². The molecule has 2 amide bonds. The molecule has 2 heterocycles. The number of rotatable bonds is 7. The number of aromatic nitrogens is 1. The summed E-state index contributed by atoms with van der Waals surface area (Å²) in [5, 5.41) is 3.86. The van der Waals surface area contributed by atoms with E-state index in [0.717, 1.165) is 22.0 Å². The van der Waals surface area contributed by atoms with Crippen LogP contribution in [0, 0.1) is 11.7 Å². The topological polar surface area (TPSA) is 83.7 Å². The Morgan fingerprint density at radius 3 is 2.40 bits per heavy atom. The van der Waals surface area contributed by atoms with E-state index in [9.17, 15) is 14.0 Å². The van der Waals surface area contributed by atoms with Crippen molar-refractivity contribution >= 4 is 28.3 Å². The Bertz CT molecular complexity index is 1260. The van der Waals surface area contributed by atoms with Crippen molar-refractivity contribution in [1.82, 2.24) is 15.2 Å². The molecule has 0 saturated heterocycles. The van der Waals surface area contributed by atoms with Crippen molar-refractivity contribution < 1.29 is 23.5 Å². The van der Waals surface area contributed by atoms with Gasteiger partial charge in [0.05, 0.1) is 14.2 Å². The van der Waals surface area contributed by atoms with Crippen molar-refractivity contribution in [3.05, 3.63) is 65.6 Å².